The highest BCUT2D eigenvalue weighted by Crippen LogP contribution is 2.31. The summed E-state index contributed by atoms with van der Waals surface area (Å²) in [6.07, 6.45) is 0.383. The maximum absolute atomic E-state index is 12.2. The number of rotatable bonds is 4. The highest BCUT2D eigenvalue weighted by molar-refractivity contribution is 7.99. The molecule has 0 atom stereocenters. The first-order valence-corrected chi connectivity index (χ1v) is 10.2. The van der Waals surface area contributed by atoms with Gasteiger partial charge in [0.2, 0.25) is 5.91 Å². The minimum atomic E-state index is -0.144. The number of carbonyl (C=O) groups excluding carboxylic acids is 1. The van der Waals surface area contributed by atoms with E-state index in [9.17, 15) is 4.79 Å². The van der Waals surface area contributed by atoms with Crippen LogP contribution in [0, 0.1) is 6.92 Å². The lowest BCUT2D eigenvalue weighted by molar-refractivity contribution is -0.117. The van der Waals surface area contributed by atoms with Gasteiger partial charge in [0, 0.05) is 24.1 Å². The van der Waals surface area contributed by atoms with Crippen LogP contribution in [0.5, 0.6) is 0 Å². The molecule has 0 aliphatic carbocycles. The second kappa shape index (κ2) is 7.96. The predicted molar refractivity (Wildman–Crippen MR) is 108 cm³/mol. The molecule has 7 heteroatoms. The fourth-order valence-corrected chi connectivity index (χ4v) is 4.86. The van der Waals surface area contributed by atoms with Crippen LogP contribution in [0.25, 0.3) is 10.2 Å². The third-order valence-corrected chi connectivity index (χ3v) is 6.59. The molecule has 0 unspecified atom stereocenters. The average Bonchev–Trinajstić information content (AvgIpc) is 2.91. The zero-order valence-corrected chi connectivity index (χ0v) is 16.9. The zero-order chi connectivity index (χ0) is 18.0. The van der Waals surface area contributed by atoms with Crippen LogP contribution in [0.2, 0.25) is 10.0 Å². The number of amides is 1. The van der Waals surface area contributed by atoms with Gasteiger partial charge in [-0.3, -0.25) is 4.79 Å². The van der Waals surface area contributed by atoms with Crippen LogP contribution in [0.4, 0.5) is 0 Å². The van der Waals surface area contributed by atoms with Crippen molar-refractivity contribution in [1.29, 1.82) is 0 Å². The van der Waals surface area contributed by atoms with Crippen molar-refractivity contribution >= 4 is 62.4 Å². The Balaban J connectivity index is 1.74. The number of thioether (sulfide) groups is 1. The van der Waals surface area contributed by atoms with E-state index >= 15 is 0 Å². The molecule has 0 aliphatic rings. The van der Waals surface area contributed by atoms with Crippen LogP contribution in [-0.2, 0) is 11.8 Å². The van der Waals surface area contributed by atoms with E-state index in [1.807, 2.05) is 11.6 Å². The van der Waals surface area contributed by atoms with Gasteiger partial charge in [-0.05, 0) is 31.2 Å². The lowest BCUT2D eigenvalue weighted by atomic mass is 10.2. The Hall–Kier alpha value is -1.27. The smallest absolute Gasteiger partial charge is 0.249 e. The summed E-state index contributed by atoms with van der Waals surface area (Å²) in [5.74, 6) is 0.552. The normalized spacial score (nSPS) is 12.1. The highest BCUT2D eigenvalue weighted by atomic mass is 35.5. The molecular formula is C18H16Cl2N2OS2. The van der Waals surface area contributed by atoms with Crippen molar-refractivity contribution in [2.24, 2.45) is 12.0 Å². The van der Waals surface area contributed by atoms with Gasteiger partial charge in [-0.1, -0.05) is 52.2 Å². The third-order valence-electron chi connectivity index (χ3n) is 3.68. The first kappa shape index (κ1) is 18.5. The van der Waals surface area contributed by atoms with Gasteiger partial charge >= 0.3 is 0 Å². The topological polar surface area (TPSA) is 34.4 Å². The molecule has 0 spiro atoms. The van der Waals surface area contributed by atoms with Gasteiger partial charge in [0.15, 0.2) is 4.80 Å². The predicted octanol–water partition coefficient (Wildman–Crippen LogP) is 5.46. The Bertz CT molecular complexity index is 991. The molecule has 1 aromatic heterocycles. The maximum atomic E-state index is 12.2. The number of carbonyl (C=O) groups is 1. The van der Waals surface area contributed by atoms with Crippen LogP contribution >= 0.6 is 46.3 Å². The monoisotopic (exact) mass is 410 g/mol. The first-order valence-electron chi connectivity index (χ1n) is 7.66. The van der Waals surface area contributed by atoms with Crippen molar-refractivity contribution in [3.8, 4) is 0 Å². The third kappa shape index (κ3) is 4.29. The molecule has 0 saturated carbocycles. The average molecular weight is 411 g/mol. The van der Waals surface area contributed by atoms with Crippen molar-refractivity contribution in [2.75, 3.05) is 5.75 Å². The second-order valence-corrected chi connectivity index (χ2v) is 8.53. The van der Waals surface area contributed by atoms with E-state index in [2.05, 4.69) is 36.2 Å². The number of benzene rings is 2. The minimum absolute atomic E-state index is 0.144. The van der Waals surface area contributed by atoms with E-state index in [4.69, 9.17) is 23.2 Å². The van der Waals surface area contributed by atoms with Crippen LogP contribution in [0.1, 0.15) is 12.0 Å². The lowest BCUT2D eigenvalue weighted by Gasteiger charge is -2.00. The van der Waals surface area contributed by atoms with Crippen LogP contribution in [0.3, 0.4) is 0 Å². The standard InChI is InChI=1S/C18H16Cl2N2OS2/c1-11-3-5-12(6-4-11)24-10-9-15(23)21-18-22(2)16-13(19)7-8-14(20)17(16)25-18/h3-8H,9-10H2,1-2H3. The fraction of sp³-hybridized carbons (Fsp3) is 0.222. The van der Waals surface area contributed by atoms with Crippen molar-refractivity contribution in [1.82, 2.24) is 4.57 Å². The summed E-state index contributed by atoms with van der Waals surface area (Å²) >= 11 is 15.5. The molecule has 0 bridgehead atoms. The zero-order valence-electron chi connectivity index (χ0n) is 13.8. The molecule has 130 valence electrons. The summed E-state index contributed by atoms with van der Waals surface area (Å²) < 4.78 is 2.66. The van der Waals surface area contributed by atoms with Crippen LogP contribution in [-0.4, -0.2) is 16.2 Å². The van der Waals surface area contributed by atoms with Crippen LogP contribution in [0.15, 0.2) is 46.3 Å². The summed E-state index contributed by atoms with van der Waals surface area (Å²) in [6.45, 7) is 2.06. The second-order valence-electron chi connectivity index (χ2n) is 5.57. The van der Waals surface area contributed by atoms with Gasteiger partial charge in [-0.25, -0.2) is 0 Å². The number of hydrogen-bond donors (Lipinski definition) is 0. The summed E-state index contributed by atoms with van der Waals surface area (Å²) in [5, 5.41) is 1.21. The first-order chi connectivity index (χ1) is 12.0. The summed E-state index contributed by atoms with van der Waals surface area (Å²) in [5.41, 5.74) is 2.03. The lowest BCUT2D eigenvalue weighted by Crippen LogP contribution is -2.13. The van der Waals surface area contributed by atoms with Crippen molar-refractivity contribution in [3.63, 3.8) is 0 Å². The summed E-state index contributed by atoms with van der Waals surface area (Å²) in [6, 6.07) is 11.8. The maximum Gasteiger partial charge on any atom is 0.249 e. The van der Waals surface area contributed by atoms with Gasteiger partial charge in [0.1, 0.15) is 0 Å². The molecule has 0 fully saturated rings. The highest BCUT2D eigenvalue weighted by Gasteiger charge is 2.11. The van der Waals surface area contributed by atoms with Gasteiger partial charge in [0.05, 0.1) is 20.3 Å². The largest absolute Gasteiger partial charge is 0.318 e. The fourth-order valence-electron chi connectivity index (χ4n) is 2.34. The molecule has 3 nitrogen and oxygen atoms in total. The van der Waals surface area contributed by atoms with Gasteiger partial charge in [-0.15, -0.1) is 11.8 Å². The molecule has 1 heterocycles. The Kier molecular flexibility index (Phi) is 5.89. The van der Waals surface area contributed by atoms with Crippen molar-refractivity contribution in [2.45, 2.75) is 18.2 Å². The number of aryl methyl sites for hydroxylation is 2. The Morgan fingerprint density at radius 1 is 1.16 bits per heavy atom. The number of fused-ring (bicyclic) bond motifs is 1. The van der Waals surface area contributed by atoms with E-state index in [-0.39, 0.29) is 5.91 Å². The Labute approximate surface area is 164 Å². The van der Waals surface area contributed by atoms with E-state index in [0.717, 1.165) is 15.1 Å². The molecular weight excluding hydrogens is 395 g/mol. The summed E-state index contributed by atoms with van der Waals surface area (Å²) in [4.78, 5) is 18.2. The Morgan fingerprint density at radius 2 is 1.84 bits per heavy atom. The van der Waals surface area contributed by atoms with E-state index < -0.39 is 0 Å². The van der Waals surface area contributed by atoms with Crippen molar-refractivity contribution in [3.05, 3.63) is 56.8 Å². The van der Waals surface area contributed by atoms with Gasteiger partial charge < -0.3 is 4.57 Å². The molecule has 25 heavy (non-hydrogen) atoms. The van der Waals surface area contributed by atoms with Gasteiger partial charge in [0.25, 0.3) is 0 Å². The number of hydrogen-bond acceptors (Lipinski definition) is 3. The van der Waals surface area contributed by atoms with E-state index in [0.29, 0.717) is 27.0 Å². The molecule has 0 N–H and O–H groups in total. The quantitative estimate of drug-likeness (QED) is 0.534. The molecule has 2 aromatic carbocycles. The number of thiazole rings is 1. The molecule has 3 rings (SSSR count). The molecule has 1 amide bonds. The van der Waals surface area contributed by atoms with E-state index in [1.54, 1.807) is 23.9 Å². The number of nitrogens with zero attached hydrogens (tertiary/aromatic N) is 2. The van der Waals surface area contributed by atoms with Crippen molar-refractivity contribution < 1.29 is 4.79 Å². The molecule has 0 aliphatic heterocycles. The molecule has 0 radical (unpaired) electrons. The Morgan fingerprint density at radius 3 is 2.52 bits per heavy atom. The summed E-state index contributed by atoms with van der Waals surface area (Å²) in [7, 11) is 1.84. The number of halogens is 2. The van der Waals surface area contributed by atoms with Crippen LogP contribution < -0.4 is 4.80 Å². The van der Waals surface area contributed by atoms with E-state index in [1.165, 1.54) is 16.9 Å². The molecule has 0 saturated heterocycles. The molecule has 3 aromatic rings. The SMILES string of the molecule is Cc1ccc(SCCC(=O)N=c2sc3c(Cl)ccc(Cl)c3n2C)cc1. The number of aromatic nitrogens is 1. The minimum Gasteiger partial charge on any atom is -0.318 e. The van der Waals surface area contributed by atoms with Gasteiger partial charge in [-0.2, -0.15) is 4.99 Å².